The van der Waals surface area contributed by atoms with Crippen LogP contribution in [0.1, 0.15) is 51.4 Å². The number of nitrogens with two attached hydrogens (primary N) is 1. The molecule has 18 heavy (non-hydrogen) atoms. The van der Waals surface area contributed by atoms with Crippen molar-refractivity contribution in [1.29, 1.82) is 0 Å². The van der Waals surface area contributed by atoms with Crippen LogP contribution in [0.2, 0.25) is 0 Å². The molecule has 5 fully saturated rings. The van der Waals surface area contributed by atoms with Crippen molar-refractivity contribution in [2.45, 2.75) is 57.5 Å². The van der Waals surface area contributed by atoms with Crippen LogP contribution in [0.4, 0.5) is 0 Å². The maximum absolute atomic E-state index is 10.5. The lowest BCUT2D eigenvalue weighted by Crippen LogP contribution is -2.59. The molecule has 5 aliphatic carbocycles. The Kier molecular flexibility index (Phi) is 2.58. The van der Waals surface area contributed by atoms with Gasteiger partial charge in [0, 0.05) is 12.0 Å². The second-order valence-electron chi connectivity index (χ2n) is 7.79. The number of aliphatic hydroxyl groups excluding tert-OH is 1. The highest BCUT2D eigenvalue weighted by Crippen LogP contribution is 2.65. The molecule has 0 amide bonds. The standard InChI is InChI=1S/C16H27NO/c17-9-14(18)16(2-1-3-16)15-12-5-10-4-11(7-12)8-13(15)6-10/h10-15,18H,1-9,17H2. The summed E-state index contributed by atoms with van der Waals surface area (Å²) in [6, 6.07) is 0. The molecule has 1 unspecified atom stereocenters. The zero-order valence-corrected chi connectivity index (χ0v) is 11.4. The summed E-state index contributed by atoms with van der Waals surface area (Å²) in [4.78, 5) is 0. The highest BCUT2D eigenvalue weighted by molar-refractivity contribution is 5.09. The number of rotatable bonds is 3. The summed E-state index contributed by atoms with van der Waals surface area (Å²) in [5.41, 5.74) is 6.04. The van der Waals surface area contributed by atoms with E-state index in [1.807, 2.05) is 0 Å². The van der Waals surface area contributed by atoms with Crippen molar-refractivity contribution in [1.82, 2.24) is 0 Å². The van der Waals surface area contributed by atoms with Gasteiger partial charge >= 0.3 is 0 Å². The normalized spacial score (nSPS) is 50.0. The van der Waals surface area contributed by atoms with E-state index in [9.17, 15) is 5.11 Å². The Morgan fingerprint density at radius 3 is 1.94 bits per heavy atom. The van der Waals surface area contributed by atoms with Gasteiger partial charge in [-0.2, -0.15) is 0 Å². The molecule has 102 valence electrons. The van der Waals surface area contributed by atoms with Gasteiger partial charge in [0.2, 0.25) is 0 Å². The zero-order valence-electron chi connectivity index (χ0n) is 11.4. The van der Waals surface area contributed by atoms with E-state index in [0.29, 0.717) is 6.54 Å². The van der Waals surface area contributed by atoms with E-state index in [4.69, 9.17) is 5.73 Å². The van der Waals surface area contributed by atoms with Gasteiger partial charge in [-0.3, -0.25) is 0 Å². The van der Waals surface area contributed by atoms with Crippen LogP contribution in [-0.2, 0) is 0 Å². The SMILES string of the molecule is NCC(O)C1(C2C3CC4CC(C3)CC2C4)CCC1. The van der Waals surface area contributed by atoms with Crippen molar-refractivity contribution >= 4 is 0 Å². The van der Waals surface area contributed by atoms with Crippen LogP contribution in [0.15, 0.2) is 0 Å². The monoisotopic (exact) mass is 249 g/mol. The summed E-state index contributed by atoms with van der Waals surface area (Å²) in [5, 5.41) is 10.5. The smallest absolute Gasteiger partial charge is 0.0721 e. The Balaban J connectivity index is 1.64. The summed E-state index contributed by atoms with van der Waals surface area (Å²) in [7, 11) is 0. The fraction of sp³-hybridized carbons (Fsp3) is 1.00. The molecule has 2 heteroatoms. The van der Waals surface area contributed by atoms with Crippen LogP contribution < -0.4 is 5.73 Å². The largest absolute Gasteiger partial charge is 0.391 e. The second-order valence-corrected chi connectivity index (χ2v) is 7.79. The van der Waals surface area contributed by atoms with Gasteiger partial charge < -0.3 is 10.8 Å². The molecular formula is C16H27NO. The molecule has 4 bridgehead atoms. The molecule has 5 saturated carbocycles. The van der Waals surface area contributed by atoms with E-state index < -0.39 is 0 Å². The van der Waals surface area contributed by atoms with Crippen LogP contribution in [-0.4, -0.2) is 17.8 Å². The lowest BCUT2D eigenvalue weighted by atomic mass is 9.42. The Bertz CT molecular complexity index is 308. The third-order valence-electron chi connectivity index (χ3n) is 7.06. The maximum atomic E-state index is 10.5. The molecule has 5 rings (SSSR count). The molecule has 0 aromatic carbocycles. The van der Waals surface area contributed by atoms with Crippen LogP contribution >= 0.6 is 0 Å². The van der Waals surface area contributed by atoms with Gasteiger partial charge in [-0.25, -0.2) is 0 Å². The number of hydrogen-bond donors (Lipinski definition) is 2. The van der Waals surface area contributed by atoms with Gasteiger partial charge in [-0.15, -0.1) is 0 Å². The molecule has 0 aliphatic heterocycles. The van der Waals surface area contributed by atoms with Crippen molar-refractivity contribution in [3.63, 3.8) is 0 Å². The Hall–Kier alpha value is -0.0800. The number of hydrogen-bond acceptors (Lipinski definition) is 2. The fourth-order valence-corrected chi connectivity index (χ4v) is 6.57. The van der Waals surface area contributed by atoms with Crippen LogP contribution in [0.25, 0.3) is 0 Å². The summed E-state index contributed by atoms with van der Waals surface area (Å²) < 4.78 is 0. The molecule has 0 heterocycles. The average Bonchev–Trinajstić information content (AvgIpc) is 2.29. The molecule has 2 nitrogen and oxygen atoms in total. The van der Waals surface area contributed by atoms with Crippen LogP contribution in [0.3, 0.4) is 0 Å². The van der Waals surface area contributed by atoms with Gasteiger partial charge in [-0.05, 0) is 74.5 Å². The molecule has 0 spiro atoms. The summed E-state index contributed by atoms with van der Waals surface area (Å²) in [6.45, 7) is 0.475. The first kappa shape index (κ1) is 11.7. The van der Waals surface area contributed by atoms with Crippen molar-refractivity contribution in [2.24, 2.45) is 40.7 Å². The first-order valence-corrected chi connectivity index (χ1v) is 8.11. The second kappa shape index (κ2) is 3.96. The molecule has 0 radical (unpaired) electrons. The first-order chi connectivity index (χ1) is 8.73. The minimum atomic E-state index is -0.228. The Morgan fingerprint density at radius 2 is 1.56 bits per heavy atom. The average molecular weight is 249 g/mol. The van der Waals surface area contributed by atoms with E-state index >= 15 is 0 Å². The third-order valence-corrected chi connectivity index (χ3v) is 7.06. The molecular weight excluding hydrogens is 222 g/mol. The van der Waals surface area contributed by atoms with E-state index in [2.05, 4.69) is 0 Å². The molecule has 0 aromatic heterocycles. The Morgan fingerprint density at radius 1 is 1.00 bits per heavy atom. The van der Waals surface area contributed by atoms with Gasteiger partial charge in [0.25, 0.3) is 0 Å². The maximum Gasteiger partial charge on any atom is 0.0721 e. The fourth-order valence-electron chi connectivity index (χ4n) is 6.57. The number of aliphatic hydroxyl groups is 1. The molecule has 3 N–H and O–H groups in total. The highest BCUT2D eigenvalue weighted by atomic mass is 16.3. The van der Waals surface area contributed by atoms with E-state index in [-0.39, 0.29) is 11.5 Å². The van der Waals surface area contributed by atoms with Gasteiger partial charge in [0.1, 0.15) is 0 Å². The summed E-state index contributed by atoms with van der Waals surface area (Å²) >= 11 is 0. The highest BCUT2D eigenvalue weighted by Gasteiger charge is 2.59. The van der Waals surface area contributed by atoms with Crippen molar-refractivity contribution < 1.29 is 5.11 Å². The third kappa shape index (κ3) is 1.42. The van der Waals surface area contributed by atoms with Gasteiger partial charge in [-0.1, -0.05) is 6.42 Å². The van der Waals surface area contributed by atoms with Crippen molar-refractivity contribution in [3.05, 3.63) is 0 Å². The lowest BCUT2D eigenvalue weighted by molar-refractivity contribution is -0.168. The summed E-state index contributed by atoms with van der Waals surface area (Å²) in [5.74, 6) is 4.76. The minimum absolute atomic E-state index is 0.228. The van der Waals surface area contributed by atoms with Crippen LogP contribution in [0, 0.1) is 35.0 Å². The molecule has 1 atom stereocenters. The Labute approximate surface area is 110 Å². The minimum Gasteiger partial charge on any atom is -0.391 e. The van der Waals surface area contributed by atoms with E-state index in [1.165, 1.54) is 51.4 Å². The zero-order chi connectivity index (χ0) is 12.3. The predicted octanol–water partition coefficient (Wildman–Crippen LogP) is 2.55. The van der Waals surface area contributed by atoms with Crippen molar-refractivity contribution in [2.75, 3.05) is 6.54 Å². The topological polar surface area (TPSA) is 46.2 Å². The van der Waals surface area contributed by atoms with Gasteiger partial charge in [0.15, 0.2) is 0 Å². The van der Waals surface area contributed by atoms with Crippen molar-refractivity contribution in [3.8, 4) is 0 Å². The van der Waals surface area contributed by atoms with E-state index in [1.54, 1.807) is 0 Å². The van der Waals surface area contributed by atoms with Gasteiger partial charge in [0.05, 0.1) is 6.10 Å². The summed E-state index contributed by atoms with van der Waals surface area (Å²) in [6.07, 6.45) is 11.0. The first-order valence-electron chi connectivity index (χ1n) is 8.11. The molecule has 0 saturated heterocycles. The molecule has 5 aliphatic rings. The predicted molar refractivity (Wildman–Crippen MR) is 71.9 cm³/mol. The molecule has 0 aromatic rings. The van der Waals surface area contributed by atoms with E-state index in [0.717, 1.165) is 29.6 Å². The van der Waals surface area contributed by atoms with Crippen LogP contribution in [0.5, 0.6) is 0 Å². The quantitative estimate of drug-likeness (QED) is 0.807. The lowest BCUT2D eigenvalue weighted by Gasteiger charge is -2.63.